The van der Waals surface area contributed by atoms with Crippen LogP contribution >= 0.6 is 11.3 Å². The van der Waals surface area contributed by atoms with Gasteiger partial charge < -0.3 is 4.74 Å². The van der Waals surface area contributed by atoms with Crippen molar-refractivity contribution in [3.05, 3.63) is 40.7 Å². The number of rotatable bonds is 3. The molecule has 1 heterocycles. The zero-order chi connectivity index (χ0) is 15.6. The fraction of sp³-hybridized carbons (Fsp3) is 0.231. The smallest absolute Gasteiger partial charge is 0.416 e. The molecule has 0 aliphatic carbocycles. The Morgan fingerprint density at radius 1 is 1.33 bits per heavy atom. The minimum Gasteiger partial charge on any atom is -0.469 e. The number of thiazole rings is 1. The van der Waals surface area contributed by atoms with E-state index in [-0.39, 0.29) is 17.0 Å². The van der Waals surface area contributed by atoms with Crippen LogP contribution in [0.1, 0.15) is 11.3 Å². The summed E-state index contributed by atoms with van der Waals surface area (Å²) >= 11 is 1.03. The quantitative estimate of drug-likeness (QED) is 0.640. The highest BCUT2D eigenvalue weighted by molar-refractivity contribution is 7.13. The van der Waals surface area contributed by atoms with Crippen molar-refractivity contribution in [1.82, 2.24) is 4.98 Å². The van der Waals surface area contributed by atoms with E-state index in [1.54, 1.807) is 0 Å². The molecule has 0 spiro atoms. The van der Waals surface area contributed by atoms with Gasteiger partial charge >= 0.3 is 12.1 Å². The summed E-state index contributed by atoms with van der Waals surface area (Å²) in [4.78, 5) is 15.1. The van der Waals surface area contributed by atoms with Crippen LogP contribution in [0.15, 0.2) is 23.6 Å². The third-order valence-electron chi connectivity index (χ3n) is 2.58. The maximum atomic E-state index is 13.3. The number of hydrogen-bond acceptors (Lipinski definition) is 4. The van der Waals surface area contributed by atoms with Crippen molar-refractivity contribution in [3.8, 4) is 10.6 Å². The van der Waals surface area contributed by atoms with Crippen LogP contribution in [-0.2, 0) is 22.1 Å². The highest BCUT2D eigenvalue weighted by Gasteiger charge is 2.31. The number of carbonyl (C=O) groups is 1. The van der Waals surface area contributed by atoms with Gasteiger partial charge in [0.2, 0.25) is 0 Å². The molecule has 0 saturated heterocycles. The van der Waals surface area contributed by atoms with Crippen molar-refractivity contribution in [2.45, 2.75) is 12.6 Å². The number of hydrogen-bond donors (Lipinski definition) is 0. The van der Waals surface area contributed by atoms with Crippen LogP contribution in [0, 0.1) is 5.82 Å². The molecule has 1 aromatic carbocycles. The average Bonchev–Trinajstić information content (AvgIpc) is 2.85. The van der Waals surface area contributed by atoms with Crippen molar-refractivity contribution >= 4 is 17.3 Å². The first-order valence-electron chi connectivity index (χ1n) is 5.69. The number of ether oxygens (including phenoxy) is 1. The molecule has 8 heteroatoms. The van der Waals surface area contributed by atoms with E-state index in [0.717, 1.165) is 23.5 Å². The predicted molar refractivity (Wildman–Crippen MR) is 68.2 cm³/mol. The molecule has 0 fully saturated rings. The molecule has 0 saturated carbocycles. The lowest BCUT2D eigenvalue weighted by Crippen LogP contribution is -2.06. The monoisotopic (exact) mass is 319 g/mol. The number of esters is 1. The van der Waals surface area contributed by atoms with E-state index < -0.39 is 23.5 Å². The number of benzene rings is 1. The first kappa shape index (κ1) is 15.4. The van der Waals surface area contributed by atoms with Crippen molar-refractivity contribution < 1.29 is 27.1 Å². The molecule has 112 valence electrons. The van der Waals surface area contributed by atoms with Crippen LogP contribution in [0.2, 0.25) is 0 Å². The Balaban J connectivity index is 2.34. The van der Waals surface area contributed by atoms with Crippen molar-refractivity contribution in [2.75, 3.05) is 7.11 Å². The summed E-state index contributed by atoms with van der Waals surface area (Å²) in [5, 5.41) is 1.73. The molecule has 0 bridgehead atoms. The molecule has 0 aliphatic heterocycles. The lowest BCUT2D eigenvalue weighted by atomic mass is 10.1. The summed E-state index contributed by atoms with van der Waals surface area (Å²) in [5.74, 6) is -1.51. The zero-order valence-electron chi connectivity index (χ0n) is 10.7. The maximum absolute atomic E-state index is 13.3. The number of nitrogens with zero attached hydrogens (tertiary/aromatic N) is 1. The van der Waals surface area contributed by atoms with Gasteiger partial charge in [-0.15, -0.1) is 11.3 Å². The van der Waals surface area contributed by atoms with Gasteiger partial charge in [0.25, 0.3) is 0 Å². The number of halogens is 4. The van der Waals surface area contributed by atoms with Crippen LogP contribution in [0.3, 0.4) is 0 Å². The molecule has 0 N–H and O–H groups in total. The van der Waals surface area contributed by atoms with Crippen molar-refractivity contribution in [1.29, 1.82) is 0 Å². The van der Waals surface area contributed by atoms with E-state index in [1.807, 2.05) is 0 Å². The Morgan fingerprint density at radius 3 is 2.67 bits per heavy atom. The van der Waals surface area contributed by atoms with Gasteiger partial charge in [-0.25, -0.2) is 9.37 Å². The largest absolute Gasteiger partial charge is 0.469 e. The molecule has 1 aromatic heterocycles. The second kappa shape index (κ2) is 5.80. The van der Waals surface area contributed by atoms with E-state index in [0.29, 0.717) is 11.8 Å². The first-order valence-corrected chi connectivity index (χ1v) is 6.57. The van der Waals surface area contributed by atoms with Gasteiger partial charge in [-0.1, -0.05) is 0 Å². The van der Waals surface area contributed by atoms with Crippen LogP contribution in [0.4, 0.5) is 17.6 Å². The fourth-order valence-electron chi connectivity index (χ4n) is 1.62. The van der Waals surface area contributed by atoms with E-state index >= 15 is 0 Å². The number of carbonyl (C=O) groups excluding carboxylic acids is 1. The van der Waals surface area contributed by atoms with Gasteiger partial charge in [0.1, 0.15) is 10.8 Å². The Labute approximate surface area is 121 Å². The molecule has 3 nitrogen and oxygen atoms in total. The summed E-state index contributed by atoms with van der Waals surface area (Å²) in [6.45, 7) is 0. The van der Waals surface area contributed by atoms with Crippen molar-refractivity contribution in [2.24, 2.45) is 0 Å². The van der Waals surface area contributed by atoms with E-state index in [2.05, 4.69) is 9.72 Å². The van der Waals surface area contributed by atoms with Crippen LogP contribution in [-0.4, -0.2) is 18.1 Å². The van der Waals surface area contributed by atoms with Crippen LogP contribution in [0.25, 0.3) is 10.6 Å². The van der Waals surface area contributed by atoms with E-state index in [1.165, 1.54) is 12.5 Å². The van der Waals surface area contributed by atoms with Gasteiger partial charge in [0, 0.05) is 10.9 Å². The lowest BCUT2D eigenvalue weighted by molar-refractivity contribution is -0.140. The molecule has 0 radical (unpaired) electrons. The van der Waals surface area contributed by atoms with Crippen molar-refractivity contribution in [3.63, 3.8) is 0 Å². The van der Waals surface area contributed by atoms with Gasteiger partial charge in [-0.3, -0.25) is 4.79 Å². The molecular formula is C13H9F4NO2S. The Hall–Kier alpha value is -1.96. The normalized spacial score (nSPS) is 11.5. The molecule has 0 unspecified atom stereocenters. The highest BCUT2D eigenvalue weighted by atomic mass is 32.1. The Kier molecular flexibility index (Phi) is 4.26. The topological polar surface area (TPSA) is 39.2 Å². The molecule has 21 heavy (non-hydrogen) atoms. The van der Waals surface area contributed by atoms with Crippen LogP contribution in [0.5, 0.6) is 0 Å². The molecule has 0 atom stereocenters. The summed E-state index contributed by atoms with van der Waals surface area (Å²) in [5.41, 5.74) is -0.703. The second-order valence-electron chi connectivity index (χ2n) is 4.12. The van der Waals surface area contributed by atoms with Gasteiger partial charge in [0.15, 0.2) is 0 Å². The second-order valence-corrected chi connectivity index (χ2v) is 4.98. The van der Waals surface area contributed by atoms with E-state index in [4.69, 9.17) is 0 Å². The fourth-order valence-corrected chi connectivity index (χ4v) is 2.43. The molecule has 2 rings (SSSR count). The Morgan fingerprint density at radius 2 is 2.05 bits per heavy atom. The van der Waals surface area contributed by atoms with E-state index in [9.17, 15) is 22.4 Å². The number of aromatic nitrogens is 1. The van der Waals surface area contributed by atoms with Gasteiger partial charge in [0.05, 0.1) is 24.8 Å². The summed E-state index contributed by atoms with van der Waals surface area (Å²) < 4.78 is 55.7. The first-order chi connectivity index (χ1) is 9.79. The standard InChI is InChI=1S/C13H9F4NO2S/c1-20-11(19)5-10-6-21-12(18-10)7-2-8(13(15,16)17)4-9(14)3-7/h2-4,6H,5H2,1H3. The third kappa shape index (κ3) is 3.78. The molecule has 0 amide bonds. The van der Waals surface area contributed by atoms with Crippen LogP contribution < -0.4 is 0 Å². The average molecular weight is 319 g/mol. The molecule has 2 aromatic rings. The highest BCUT2D eigenvalue weighted by Crippen LogP contribution is 2.34. The summed E-state index contributed by atoms with van der Waals surface area (Å²) in [6, 6.07) is 2.21. The number of methoxy groups -OCH3 is 1. The van der Waals surface area contributed by atoms with Gasteiger partial charge in [-0.2, -0.15) is 13.2 Å². The zero-order valence-corrected chi connectivity index (χ0v) is 11.5. The predicted octanol–water partition coefficient (Wildman–Crippen LogP) is 3.68. The summed E-state index contributed by atoms with van der Waals surface area (Å²) in [7, 11) is 1.22. The van der Waals surface area contributed by atoms with Gasteiger partial charge in [-0.05, 0) is 18.2 Å². The summed E-state index contributed by atoms with van der Waals surface area (Å²) in [6.07, 6.45) is -4.72. The SMILES string of the molecule is COC(=O)Cc1csc(-c2cc(F)cc(C(F)(F)F)c2)n1. The number of alkyl halides is 3. The minimum atomic E-state index is -4.64. The maximum Gasteiger partial charge on any atom is 0.416 e. The lowest BCUT2D eigenvalue weighted by Gasteiger charge is -2.08. The third-order valence-corrected chi connectivity index (χ3v) is 3.52. The minimum absolute atomic E-state index is 0.0171. The molecule has 0 aliphatic rings. The molecular weight excluding hydrogens is 310 g/mol. The Bertz CT molecular complexity index is 666.